The molecule has 0 saturated carbocycles. The van der Waals surface area contributed by atoms with Gasteiger partial charge in [0.15, 0.2) is 0 Å². The van der Waals surface area contributed by atoms with Crippen LogP contribution in [-0.2, 0) is 4.74 Å². The van der Waals surface area contributed by atoms with Crippen molar-refractivity contribution in [2.45, 2.75) is 25.9 Å². The van der Waals surface area contributed by atoms with E-state index in [1.54, 1.807) is 7.11 Å². The van der Waals surface area contributed by atoms with E-state index >= 15 is 0 Å². The second-order valence-corrected chi connectivity index (χ2v) is 5.34. The van der Waals surface area contributed by atoms with Gasteiger partial charge in [-0.05, 0) is 23.6 Å². The highest BCUT2D eigenvalue weighted by Gasteiger charge is 2.24. The molecule has 0 bridgehead atoms. The summed E-state index contributed by atoms with van der Waals surface area (Å²) in [5.74, 6) is 1.30. The Balaban J connectivity index is 1.97. The lowest BCUT2D eigenvalue weighted by Crippen LogP contribution is -2.39. The maximum absolute atomic E-state index is 11.0. The van der Waals surface area contributed by atoms with E-state index in [1.165, 1.54) is 5.56 Å². The van der Waals surface area contributed by atoms with E-state index in [2.05, 4.69) is 36.6 Å². The Hall–Kier alpha value is -1.75. The van der Waals surface area contributed by atoms with Gasteiger partial charge in [0, 0.05) is 12.6 Å². The summed E-state index contributed by atoms with van der Waals surface area (Å²) in [4.78, 5) is 11.0. The number of ether oxygens (including phenoxy) is 2. The van der Waals surface area contributed by atoms with Crippen molar-refractivity contribution in [3.8, 4) is 5.75 Å². The minimum Gasteiger partial charge on any atom is -0.497 e. The van der Waals surface area contributed by atoms with Crippen LogP contribution >= 0.6 is 0 Å². The topological polar surface area (TPSA) is 59.6 Å². The summed E-state index contributed by atoms with van der Waals surface area (Å²) in [5, 5.41) is 6.27. The molecule has 0 unspecified atom stereocenters. The van der Waals surface area contributed by atoms with Crippen molar-refractivity contribution >= 4 is 6.09 Å². The molecule has 5 nitrogen and oxygen atoms in total. The first-order valence-electron chi connectivity index (χ1n) is 6.90. The molecule has 0 radical (unpaired) electrons. The molecule has 0 aromatic heterocycles. The molecule has 2 atom stereocenters. The molecule has 1 saturated heterocycles. The molecule has 1 aliphatic rings. The lowest BCUT2D eigenvalue weighted by atomic mass is 9.95. The van der Waals surface area contributed by atoms with E-state index in [1.807, 2.05) is 12.1 Å². The monoisotopic (exact) mass is 278 g/mol. The Morgan fingerprint density at radius 3 is 2.60 bits per heavy atom. The summed E-state index contributed by atoms with van der Waals surface area (Å²) in [6, 6.07) is 8.35. The number of cyclic esters (lactones) is 1. The maximum Gasteiger partial charge on any atom is 0.407 e. The SMILES string of the molecule is COc1ccc([C@@H](NC[C@H]2COC(=O)N2)C(C)C)cc1. The third-order valence-corrected chi connectivity index (χ3v) is 3.46. The fraction of sp³-hybridized carbons (Fsp3) is 0.533. The Bertz CT molecular complexity index is 445. The first-order chi connectivity index (χ1) is 9.60. The molecule has 110 valence electrons. The quantitative estimate of drug-likeness (QED) is 0.836. The fourth-order valence-electron chi connectivity index (χ4n) is 2.36. The average molecular weight is 278 g/mol. The first-order valence-corrected chi connectivity index (χ1v) is 6.90. The van der Waals surface area contributed by atoms with Gasteiger partial charge in [-0.25, -0.2) is 4.79 Å². The van der Waals surface area contributed by atoms with Gasteiger partial charge in [0.05, 0.1) is 13.2 Å². The van der Waals surface area contributed by atoms with E-state index in [-0.39, 0.29) is 18.2 Å². The number of amides is 1. The molecule has 0 aliphatic carbocycles. The molecular weight excluding hydrogens is 256 g/mol. The van der Waals surface area contributed by atoms with Gasteiger partial charge in [-0.3, -0.25) is 0 Å². The number of nitrogens with one attached hydrogen (secondary N) is 2. The third-order valence-electron chi connectivity index (χ3n) is 3.46. The minimum absolute atomic E-state index is 0.0435. The molecule has 1 aromatic rings. The molecule has 2 N–H and O–H groups in total. The molecule has 1 fully saturated rings. The summed E-state index contributed by atoms with van der Waals surface area (Å²) >= 11 is 0. The molecule has 1 aromatic carbocycles. The molecule has 1 aliphatic heterocycles. The lowest BCUT2D eigenvalue weighted by Gasteiger charge is -2.24. The van der Waals surface area contributed by atoms with E-state index in [4.69, 9.17) is 9.47 Å². The van der Waals surface area contributed by atoms with Crippen molar-refractivity contribution in [1.82, 2.24) is 10.6 Å². The molecule has 20 heavy (non-hydrogen) atoms. The van der Waals surface area contributed by atoms with Crippen LogP contribution < -0.4 is 15.4 Å². The number of hydrogen-bond acceptors (Lipinski definition) is 4. The summed E-state index contributed by atoms with van der Waals surface area (Å²) in [6.07, 6.45) is -0.331. The van der Waals surface area contributed by atoms with E-state index < -0.39 is 0 Å². The number of hydrogen-bond donors (Lipinski definition) is 2. The molecule has 0 spiro atoms. The van der Waals surface area contributed by atoms with Crippen LogP contribution in [0.15, 0.2) is 24.3 Å². The molecule has 1 heterocycles. The van der Waals surface area contributed by atoms with Crippen molar-refractivity contribution in [2.75, 3.05) is 20.3 Å². The van der Waals surface area contributed by atoms with Gasteiger partial charge in [-0.15, -0.1) is 0 Å². The second kappa shape index (κ2) is 6.61. The summed E-state index contributed by atoms with van der Waals surface area (Å²) in [7, 11) is 1.66. The minimum atomic E-state index is -0.331. The van der Waals surface area contributed by atoms with Crippen molar-refractivity contribution in [3.63, 3.8) is 0 Å². The van der Waals surface area contributed by atoms with Crippen LogP contribution in [0, 0.1) is 5.92 Å². The van der Waals surface area contributed by atoms with Gasteiger partial charge in [0.2, 0.25) is 0 Å². The first kappa shape index (κ1) is 14.7. The maximum atomic E-state index is 11.0. The number of carbonyl (C=O) groups is 1. The third kappa shape index (κ3) is 3.63. The largest absolute Gasteiger partial charge is 0.497 e. The van der Waals surface area contributed by atoms with Gasteiger partial charge < -0.3 is 20.1 Å². The zero-order chi connectivity index (χ0) is 14.5. The fourth-order valence-corrected chi connectivity index (χ4v) is 2.36. The highest BCUT2D eigenvalue weighted by Crippen LogP contribution is 2.23. The van der Waals surface area contributed by atoms with Gasteiger partial charge in [-0.1, -0.05) is 26.0 Å². The standard InChI is InChI=1S/C15H22N2O3/c1-10(2)14(11-4-6-13(19-3)7-5-11)16-8-12-9-20-15(18)17-12/h4-7,10,12,14,16H,8-9H2,1-3H3,(H,17,18)/t12-,14-/m0/s1. The highest BCUT2D eigenvalue weighted by atomic mass is 16.6. The second-order valence-electron chi connectivity index (χ2n) is 5.34. The Morgan fingerprint density at radius 1 is 1.40 bits per heavy atom. The van der Waals surface area contributed by atoms with Gasteiger partial charge in [-0.2, -0.15) is 0 Å². The number of methoxy groups -OCH3 is 1. The Kier molecular flexibility index (Phi) is 4.84. The van der Waals surface area contributed by atoms with Crippen molar-refractivity contribution in [2.24, 2.45) is 5.92 Å². The molecule has 2 rings (SSSR count). The zero-order valence-corrected chi connectivity index (χ0v) is 12.2. The highest BCUT2D eigenvalue weighted by molar-refractivity contribution is 5.69. The van der Waals surface area contributed by atoms with E-state index in [0.29, 0.717) is 19.1 Å². The van der Waals surface area contributed by atoms with Crippen LogP contribution in [0.2, 0.25) is 0 Å². The van der Waals surface area contributed by atoms with Gasteiger partial charge >= 0.3 is 6.09 Å². The number of carbonyl (C=O) groups excluding carboxylic acids is 1. The van der Waals surface area contributed by atoms with E-state index in [0.717, 1.165) is 5.75 Å². The van der Waals surface area contributed by atoms with Crippen LogP contribution in [0.5, 0.6) is 5.75 Å². The van der Waals surface area contributed by atoms with Crippen molar-refractivity contribution < 1.29 is 14.3 Å². The Morgan fingerprint density at radius 2 is 2.10 bits per heavy atom. The summed E-state index contributed by atoms with van der Waals surface area (Å²) in [6.45, 7) is 5.47. The van der Waals surface area contributed by atoms with Gasteiger partial charge in [0.25, 0.3) is 0 Å². The van der Waals surface area contributed by atoms with Crippen LogP contribution in [0.25, 0.3) is 0 Å². The lowest BCUT2D eigenvalue weighted by molar-refractivity contribution is 0.176. The van der Waals surface area contributed by atoms with Crippen molar-refractivity contribution in [3.05, 3.63) is 29.8 Å². The predicted octanol–water partition coefficient (Wildman–Crippen LogP) is 2.09. The van der Waals surface area contributed by atoms with Crippen molar-refractivity contribution in [1.29, 1.82) is 0 Å². The molecular formula is C15H22N2O3. The normalized spacial score (nSPS) is 19.6. The smallest absolute Gasteiger partial charge is 0.407 e. The summed E-state index contributed by atoms with van der Waals surface area (Å²) < 4.78 is 10.1. The number of alkyl carbamates (subject to hydrolysis) is 1. The predicted molar refractivity (Wildman–Crippen MR) is 76.8 cm³/mol. The van der Waals surface area contributed by atoms with Crippen LogP contribution in [0.1, 0.15) is 25.5 Å². The Labute approximate surface area is 119 Å². The number of benzene rings is 1. The van der Waals surface area contributed by atoms with Crippen LogP contribution in [0.3, 0.4) is 0 Å². The average Bonchev–Trinajstić information content (AvgIpc) is 2.85. The summed E-state index contributed by atoms with van der Waals surface area (Å²) in [5.41, 5.74) is 1.21. The number of rotatable bonds is 6. The van der Waals surface area contributed by atoms with E-state index in [9.17, 15) is 4.79 Å². The molecule has 1 amide bonds. The van der Waals surface area contributed by atoms with Gasteiger partial charge in [0.1, 0.15) is 12.4 Å². The van der Waals surface area contributed by atoms with Crippen LogP contribution in [0.4, 0.5) is 4.79 Å². The molecule has 5 heteroatoms. The van der Waals surface area contributed by atoms with Crippen LogP contribution in [-0.4, -0.2) is 32.4 Å². The zero-order valence-electron chi connectivity index (χ0n) is 12.2.